The Hall–Kier alpha value is -2.10. The molecule has 1 aromatic heterocycles. The number of rotatable bonds is 1. The second-order valence-electron chi connectivity index (χ2n) is 11.1. The lowest BCUT2D eigenvalue weighted by molar-refractivity contribution is -0.160. The van der Waals surface area contributed by atoms with Gasteiger partial charge in [0.25, 0.3) is 0 Å². The van der Waals surface area contributed by atoms with Gasteiger partial charge in [0.05, 0.1) is 0 Å². The maximum Gasteiger partial charge on any atom is 0.306 e. The molecule has 0 aromatic carbocycles. The summed E-state index contributed by atoms with van der Waals surface area (Å²) in [5.74, 6) is 3.19. The Labute approximate surface area is 184 Å². The molecule has 3 fully saturated rings. The van der Waals surface area contributed by atoms with Crippen LogP contribution in [0.25, 0.3) is 0 Å². The molecule has 4 nitrogen and oxygen atoms in total. The standard InChI is InChI=1S/C27H32O4/c1-16-4-5-22(30-16)19-15-17-14-18(28)6-10-25(17,2)20-7-11-26(3)21(24(19)20)8-12-27(26)13-9-23(29)31-27/h4-5,7,15,19,21,24H,6,8-14H2,1-3H3/t19-,21?,24?,25-,26-,27+/m0/s1. The minimum atomic E-state index is -0.312. The quantitative estimate of drug-likeness (QED) is 0.425. The first kappa shape index (κ1) is 19.6. The number of carbonyl (C=O) groups excluding carboxylic acids is 2. The van der Waals surface area contributed by atoms with Crippen molar-refractivity contribution in [2.75, 3.05) is 0 Å². The van der Waals surface area contributed by atoms with E-state index in [1.165, 1.54) is 11.1 Å². The highest BCUT2D eigenvalue weighted by Crippen LogP contribution is 2.69. The molecule has 0 N–H and O–H groups in total. The van der Waals surface area contributed by atoms with Crippen molar-refractivity contribution in [2.45, 2.75) is 83.7 Å². The van der Waals surface area contributed by atoms with Gasteiger partial charge >= 0.3 is 5.97 Å². The van der Waals surface area contributed by atoms with Crippen molar-refractivity contribution >= 4 is 11.8 Å². The maximum absolute atomic E-state index is 12.4. The van der Waals surface area contributed by atoms with Gasteiger partial charge < -0.3 is 9.15 Å². The predicted molar refractivity (Wildman–Crippen MR) is 116 cm³/mol. The Morgan fingerprint density at radius 1 is 1.06 bits per heavy atom. The van der Waals surface area contributed by atoms with Crippen LogP contribution < -0.4 is 0 Å². The summed E-state index contributed by atoms with van der Waals surface area (Å²) in [5.41, 5.74) is 2.42. The lowest BCUT2D eigenvalue weighted by Crippen LogP contribution is -2.51. The van der Waals surface area contributed by atoms with E-state index in [1.54, 1.807) is 0 Å². The van der Waals surface area contributed by atoms with E-state index in [-0.39, 0.29) is 28.3 Å². The number of hydrogen-bond donors (Lipinski definition) is 0. The van der Waals surface area contributed by atoms with Crippen LogP contribution in [-0.4, -0.2) is 17.4 Å². The molecular formula is C27H32O4. The molecule has 0 bridgehead atoms. The molecule has 5 aliphatic rings. The van der Waals surface area contributed by atoms with Crippen LogP contribution in [0.5, 0.6) is 0 Å². The summed E-state index contributed by atoms with van der Waals surface area (Å²) in [7, 11) is 0. The van der Waals surface area contributed by atoms with Gasteiger partial charge in [-0.2, -0.15) is 0 Å². The topological polar surface area (TPSA) is 56.5 Å². The minimum Gasteiger partial charge on any atom is -0.466 e. The van der Waals surface area contributed by atoms with E-state index in [9.17, 15) is 9.59 Å². The Kier molecular flexibility index (Phi) is 3.94. The van der Waals surface area contributed by atoms with E-state index >= 15 is 0 Å². The third kappa shape index (κ3) is 2.48. The van der Waals surface area contributed by atoms with Gasteiger partial charge in [-0.1, -0.05) is 37.1 Å². The lowest BCUT2D eigenvalue weighted by Gasteiger charge is -2.56. The number of Topliss-reactive ketones (excluding diaryl/α,β-unsaturated/α-hetero) is 1. The highest BCUT2D eigenvalue weighted by atomic mass is 16.6. The number of allylic oxidation sites excluding steroid dienone is 4. The summed E-state index contributed by atoms with van der Waals surface area (Å²) in [4.78, 5) is 24.5. The van der Waals surface area contributed by atoms with E-state index in [0.29, 0.717) is 36.9 Å². The number of ether oxygens (including phenoxy) is 1. The average molecular weight is 421 g/mol. The van der Waals surface area contributed by atoms with Crippen LogP contribution in [0, 0.1) is 29.6 Å². The van der Waals surface area contributed by atoms with Gasteiger partial charge in [0.15, 0.2) is 0 Å². The van der Waals surface area contributed by atoms with Crippen molar-refractivity contribution in [3.8, 4) is 0 Å². The fourth-order valence-corrected chi connectivity index (χ4v) is 7.99. The SMILES string of the molecule is Cc1ccc([C@@H]2C=C3CC(=O)CC[C@]3(C)C3=CC[C@@]4(C)C(CC[C@@]45CCC(=O)O5)C32)o1. The van der Waals surface area contributed by atoms with Gasteiger partial charge in [0.1, 0.15) is 22.9 Å². The molecule has 31 heavy (non-hydrogen) atoms. The Morgan fingerprint density at radius 3 is 2.61 bits per heavy atom. The van der Waals surface area contributed by atoms with E-state index in [2.05, 4.69) is 32.1 Å². The molecule has 1 saturated heterocycles. The molecule has 2 heterocycles. The van der Waals surface area contributed by atoms with Gasteiger partial charge in [-0.05, 0) is 63.0 Å². The first-order valence-electron chi connectivity index (χ1n) is 12.0. The van der Waals surface area contributed by atoms with Gasteiger partial charge in [-0.3, -0.25) is 9.59 Å². The first-order chi connectivity index (χ1) is 14.8. The van der Waals surface area contributed by atoms with Gasteiger partial charge in [0.2, 0.25) is 0 Å². The summed E-state index contributed by atoms with van der Waals surface area (Å²) in [6, 6.07) is 4.17. The van der Waals surface area contributed by atoms with Gasteiger partial charge in [-0.15, -0.1) is 0 Å². The molecule has 1 spiro atoms. The molecule has 164 valence electrons. The molecule has 0 amide bonds. The third-order valence-corrected chi connectivity index (χ3v) is 9.79. The van der Waals surface area contributed by atoms with Crippen LogP contribution >= 0.6 is 0 Å². The summed E-state index contributed by atoms with van der Waals surface area (Å²) >= 11 is 0. The normalized spacial score (nSPS) is 43.8. The average Bonchev–Trinajstić information content (AvgIpc) is 3.41. The Bertz CT molecular complexity index is 1040. The fraction of sp³-hybridized carbons (Fsp3) is 0.630. The zero-order chi connectivity index (χ0) is 21.6. The molecule has 1 aliphatic heterocycles. The molecule has 2 unspecified atom stereocenters. The number of ketones is 1. The van der Waals surface area contributed by atoms with Crippen molar-refractivity contribution in [2.24, 2.45) is 22.7 Å². The second-order valence-corrected chi connectivity index (χ2v) is 11.1. The van der Waals surface area contributed by atoms with E-state index in [4.69, 9.17) is 9.15 Å². The van der Waals surface area contributed by atoms with Crippen LogP contribution in [0.4, 0.5) is 0 Å². The maximum atomic E-state index is 12.4. The second kappa shape index (κ2) is 6.24. The number of carbonyl (C=O) groups is 2. The summed E-state index contributed by atoms with van der Waals surface area (Å²) in [5, 5.41) is 0. The molecule has 4 aliphatic carbocycles. The monoisotopic (exact) mass is 420 g/mol. The largest absolute Gasteiger partial charge is 0.466 e. The van der Waals surface area contributed by atoms with Crippen molar-refractivity contribution in [1.82, 2.24) is 0 Å². The summed E-state index contributed by atoms with van der Waals surface area (Å²) < 4.78 is 12.3. The predicted octanol–water partition coefficient (Wildman–Crippen LogP) is 5.81. The van der Waals surface area contributed by atoms with Gasteiger partial charge in [0, 0.05) is 36.0 Å². The number of aryl methyl sites for hydroxylation is 1. The summed E-state index contributed by atoms with van der Waals surface area (Å²) in [6.45, 7) is 6.72. The number of hydrogen-bond acceptors (Lipinski definition) is 4. The van der Waals surface area contributed by atoms with Crippen LogP contribution in [-0.2, 0) is 14.3 Å². The van der Waals surface area contributed by atoms with Crippen LogP contribution in [0.15, 0.2) is 39.8 Å². The molecule has 2 saturated carbocycles. The molecule has 0 radical (unpaired) electrons. The van der Waals surface area contributed by atoms with Crippen molar-refractivity contribution in [1.29, 1.82) is 0 Å². The van der Waals surface area contributed by atoms with Gasteiger partial charge in [-0.25, -0.2) is 0 Å². The zero-order valence-corrected chi connectivity index (χ0v) is 18.8. The molecule has 4 heteroatoms. The molecule has 6 atom stereocenters. The van der Waals surface area contributed by atoms with Crippen molar-refractivity contribution in [3.05, 3.63) is 47.0 Å². The highest BCUT2D eigenvalue weighted by Gasteiger charge is 2.66. The number of furan rings is 1. The minimum absolute atomic E-state index is 0.0276. The van der Waals surface area contributed by atoms with E-state index < -0.39 is 0 Å². The van der Waals surface area contributed by atoms with E-state index in [1.807, 2.05) is 13.0 Å². The Morgan fingerprint density at radius 2 is 1.90 bits per heavy atom. The Balaban J connectivity index is 1.51. The third-order valence-electron chi connectivity index (χ3n) is 9.79. The molecule has 1 aromatic rings. The number of fused-ring (bicyclic) bond motifs is 6. The lowest BCUT2D eigenvalue weighted by atomic mass is 9.49. The molecular weight excluding hydrogens is 388 g/mol. The highest BCUT2D eigenvalue weighted by molar-refractivity contribution is 5.83. The van der Waals surface area contributed by atoms with Crippen molar-refractivity contribution in [3.63, 3.8) is 0 Å². The van der Waals surface area contributed by atoms with Crippen LogP contribution in [0.3, 0.4) is 0 Å². The fourth-order valence-electron chi connectivity index (χ4n) is 7.99. The van der Waals surface area contributed by atoms with Crippen molar-refractivity contribution < 1.29 is 18.7 Å². The molecule has 6 rings (SSSR count). The zero-order valence-electron chi connectivity index (χ0n) is 18.8. The summed E-state index contributed by atoms with van der Waals surface area (Å²) in [6.07, 6.45) is 11.4. The first-order valence-corrected chi connectivity index (χ1v) is 12.0. The van der Waals surface area contributed by atoms with Crippen LogP contribution in [0.1, 0.15) is 82.7 Å². The van der Waals surface area contributed by atoms with Crippen LogP contribution in [0.2, 0.25) is 0 Å². The smallest absolute Gasteiger partial charge is 0.306 e. The van der Waals surface area contributed by atoms with E-state index in [0.717, 1.165) is 43.6 Å². The number of esters is 1.